The Hall–Kier alpha value is -2.92. The van der Waals surface area contributed by atoms with Gasteiger partial charge in [0.25, 0.3) is 10.0 Å². The third-order valence-electron chi connectivity index (χ3n) is 4.74. The highest BCUT2D eigenvalue weighted by atomic mass is 79.9. The van der Waals surface area contributed by atoms with Crippen LogP contribution >= 0.6 is 15.9 Å². The van der Waals surface area contributed by atoms with Crippen LogP contribution in [-0.4, -0.2) is 25.7 Å². The van der Waals surface area contributed by atoms with E-state index in [0.717, 1.165) is 30.3 Å². The van der Waals surface area contributed by atoms with Crippen LogP contribution in [0.2, 0.25) is 0 Å². The van der Waals surface area contributed by atoms with Gasteiger partial charge in [-0.25, -0.2) is 26.6 Å². The molecule has 1 aromatic heterocycles. The molecular formula is C20H13BrF3N3O3S. The first-order chi connectivity index (χ1) is 14.7. The number of fused-ring (bicyclic) bond motifs is 1. The van der Waals surface area contributed by atoms with E-state index in [4.69, 9.17) is 0 Å². The minimum Gasteiger partial charge on any atom is -0.369 e. The Morgan fingerprint density at radius 2 is 1.94 bits per heavy atom. The number of ketones is 1. The quantitative estimate of drug-likeness (QED) is 0.494. The Balaban J connectivity index is 1.71. The number of benzene rings is 2. The molecule has 6 nitrogen and oxygen atoms in total. The van der Waals surface area contributed by atoms with E-state index in [1.807, 2.05) is 4.72 Å². The zero-order valence-corrected chi connectivity index (χ0v) is 17.9. The summed E-state index contributed by atoms with van der Waals surface area (Å²) in [5.41, 5.74) is -1.05. The van der Waals surface area contributed by atoms with Gasteiger partial charge >= 0.3 is 0 Å². The van der Waals surface area contributed by atoms with Crippen LogP contribution in [0.25, 0.3) is 0 Å². The van der Waals surface area contributed by atoms with Gasteiger partial charge in [0.05, 0.1) is 22.1 Å². The monoisotopic (exact) mass is 511 g/mol. The SMILES string of the molecule is O=C(c1c(F)ccc(NS(=O)(=O)c2cccc(F)c2)c1F)C1CNc2ncc(Br)cc21. The second kappa shape index (κ2) is 7.97. The molecule has 4 rings (SSSR count). The molecular weight excluding hydrogens is 499 g/mol. The highest BCUT2D eigenvalue weighted by Gasteiger charge is 2.34. The third-order valence-corrected chi connectivity index (χ3v) is 6.53. The van der Waals surface area contributed by atoms with Gasteiger partial charge in [0.15, 0.2) is 11.6 Å². The lowest BCUT2D eigenvalue weighted by Crippen LogP contribution is -2.20. The van der Waals surface area contributed by atoms with E-state index in [0.29, 0.717) is 15.9 Å². The smallest absolute Gasteiger partial charge is 0.262 e. The molecule has 2 aromatic carbocycles. The van der Waals surface area contributed by atoms with Crippen molar-refractivity contribution < 1.29 is 26.4 Å². The first-order valence-electron chi connectivity index (χ1n) is 8.87. The minimum atomic E-state index is -4.38. The van der Waals surface area contributed by atoms with E-state index >= 15 is 4.39 Å². The van der Waals surface area contributed by atoms with Crippen molar-refractivity contribution >= 4 is 43.2 Å². The molecule has 1 aliphatic rings. The number of nitrogens with one attached hydrogen (secondary N) is 2. The molecule has 160 valence electrons. The van der Waals surface area contributed by atoms with Crippen LogP contribution in [0.1, 0.15) is 21.8 Å². The summed E-state index contributed by atoms with van der Waals surface area (Å²) in [7, 11) is -4.38. The maximum Gasteiger partial charge on any atom is 0.262 e. The van der Waals surface area contributed by atoms with Crippen molar-refractivity contribution in [1.82, 2.24) is 4.98 Å². The number of sulfonamides is 1. The van der Waals surface area contributed by atoms with Crippen LogP contribution in [0.3, 0.4) is 0 Å². The molecule has 0 radical (unpaired) electrons. The number of halogens is 4. The van der Waals surface area contributed by atoms with Crippen molar-refractivity contribution in [3.8, 4) is 0 Å². The van der Waals surface area contributed by atoms with Crippen molar-refractivity contribution in [2.75, 3.05) is 16.6 Å². The van der Waals surface area contributed by atoms with Gasteiger partial charge in [0.2, 0.25) is 0 Å². The fraction of sp³-hybridized carbons (Fsp3) is 0.100. The summed E-state index contributed by atoms with van der Waals surface area (Å²) in [6, 6.07) is 7.37. The highest BCUT2D eigenvalue weighted by molar-refractivity contribution is 9.10. The van der Waals surface area contributed by atoms with E-state index < -0.39 is 55.3 Å². The van der Waals surface area contributed by atoms with Crippen LogP contribution in [-0.2, 0) is 10.0 Å². The molecule has 0 amide bonds. The lowest BCUT2D eigenvalue weighted by atomic mass is 9.92. The number of Topliss-reactive ketones (excluding diaryl/α,β-unsaturated/α-hetero) is 1. The average molecular weight is 512 g/mol. The van der Waals surface area contributed by atoms with Crippen molar-refractivity contribution in [2.24, 2.45) is 0 Å². The molecule has 0 fully saturated rings. The number of carbonyl (C=O) groups is 1. The van der Waals surface area contributed by atoms with Crippen LogP contribution in [0.4, 0.5) is 24.7 Å². The molecule has 0 saturated carbocycles. The fourth-order valence-corrected chi connectivity index (χ4v) is 4.72. The maximum atomic E-state index is 15.1. The summed E-state index contributed by atoms with van der Waals surface area (Å²) in [4.78, 5) is 16.7. The third kappa shape index (κ3) is 4.02. The molecule has 1 atom stereocenters. The standard InChI is InChI=1S/C20H13BrF3N3O3S/c21-10-6-13-14(9-26-20(13)25-8-10)19(28)17-15(23)4-5-16(18(17)24)27-31(29,30)12-3-1-2-11(22)7-12/h1-8,14,27H,9H2,(H,25,26). The van der Waals surface area contributed by atoms with E-state index in [1.165, 1.54) is 12.3 Å². The normalized spacial score (nSPS) is 15.3. The lowest BCUT2D eigenvalue weighted by molar-refractivity contribution is 0.0958. The molecule has 0 bridgehead atoms. The van der Waals surface area contributed by atoms with E-state index in [2.05, 4.69) is 26.2 Å². The largest absolute Gasteiger partial charge is 0.369 e. The number of pyridine rings is 1. The number of hydrogen-bond donors (Lipinski definition) is 2. The Morgan fingerprint density at radius 1 is 1.16 bits per heavy atom. The summed E-state index contributed by atoms with van der Waals surface area (Å²) in [5.74, 6) is -4.66. The van der Waals surface area contributed by atoms with Gasteiger partial charge in [0.1, 0.15) is 17.5 Å². The molecule has 0 saturated heterocycles. The summed E-state index contributed by atoms with van der Waals surface area (Å²) in [6.07, 6.45) is 1.52. The second-order valence-corrected chi connectivity index (χ2v) is 9.33. The minimum absolute atomic E-state index is 0.0791. The zero-order chi connectivity index (χ0) is 22.3. The topological polar surface area (TPSA) is 88.2 Å². The summed E-state index contributed by atoms with van der Waals surface area (Å²) < 4.78 is 70.5. The average Bonchev–Trinajstić information content (AvgIpc) is 3.13. The molecule has 11 heteroatoms. The molecule has 31 heavy (non-hydrogen) atoms. The van der Waals surface area contributed by atoms with Crippen LogP contribution in [0.15, 0.2) is 58.0 Å². The number of carbonyl (C=O) groups excluding carboxylic acids is 1. The molecule has 2 heterocycles. The number of aromatic nitrogens is 1. The Morgan fingerprint density at radius 3 is 2.68 bits per heavy atom. The molecule has 1 aliphatic heterocycles. The fourth-order valence-electron chi connectivity index (χ4n) is 3.28. The number of anilines is 2. The van der Waals surface area contributed by atoms with Gasteiger partial charge in [-0.3, -0.25) is 9.52 Å². The first-order valence-corrected chi connectivity index (χ1v) is 11.1. The second-order valence-electron chi connectivity index (χ2n) is 6.74. The van der Waals surface area contributed by atoms with Gasteiger partial charge in [-0.15, -0.1) is 0 Å². The highest BCUT2D eigenvalue weighted by Crippen LogP contribution is 2.36. The first kappa shape index (κ1) is 21.3. The van der Waals surface area contributed by atoms with Crippen molar-refractivity contribution in [1.29, 1.82) is 0 Å². The zero-order valence-electron chi connectivity index (χ0n) is 15.5. The molecule has 2 N–H and O–H groups in total. The summed E-state index contributed by atoms with van der Waals surface area (Å²) >= 11 is 3.25. The number of rotatable bonds is 5. The van der Waals surface area contributed by atoms with Crippen molar-refractivity contribution in [3.63, 3.8) is 0 Å². The Kier molecular flexibility index (Phi) is 5.48. The van der Waals surface area contributed by atoms with E-state index in [-0.39, 0.29) is 6.54 Å². The summed E-state index contributed by atoms with van der Waals surface area (Å²) in [6.45, 7) is 0.0791. The van der Waals surface area contributed by atoms with Crippen molar-refractivity contribution in [3.05, 3.63) is 81.7 Å². The van der Waals surface area contributed by atoms with Crippen LogP contribution < -0.4 is 10.0 Å². The lowest BCUT2D eigenvalue weighted by Gasteiger charge is -2.14. The molecule has 1 unspecified atom stereocenters. The van der Waals surface area contributed by atoms with Gasteiger partial charge < -0.3 is 5.32 Å². The number of hydrogen-bond acceptors (Lipinski definition) is 5. The van der Waals surface area contributed by atoms with Crippen LogP contribution in [0.5, 0.6) is 0 Å². The molecule has 0 spiro atoms. The van der Waals surface area contributed by atoms with Gasteiger partial charge in [-0.2, -0.15) is 0 Å². The van der Waals surface area contributed by atoms with Gasteiger partial charge in [-0.05, 0) is 52.3 Å². The predicted molar refractivity (Wildman–Crippen MR) is 111 cm³/mol. The maximum absolute atomic E-state index is 15.1. The number of nitrogens with zero attached hydrogens (tertiary/aromatic N) is 1. The summed E-state index contributed by atoms with van der Waals surface area (Å²) in [5, 5.41) is 2.90. The van der Waals surface area contributed by atoms with E-state index in [1.54, 1.807) is 6.07 Å². The Bertz CT molecular complexity index is 1320. The molecule has 0 aliphatic carbocycles. The van der Waals surface area contributed by atoms with E-state index in [9.17, 15) is 22.0 Å². The van der Waals surface area contributed by atoms with Crippen LogP contribution in [0, 0.1) is 17.5 Å². The van der Waals surface area contributed by atoms with Gasteiger partial charge in [-0.1, -0.05) is 6.07 Å². The molecule has 3 aromatic rings. The Labute approximate surface area is 183 Å². The van der Waals surface area contributed by atoms with Crippen molar-refractivity contribution in [2.45, 2.75) is 10.8 Å². The van der Waals surface area contributed by atoms with Gasteiger partial charge in [0, 0.05) is 22.8 Å². The predicted octanol–water partition coefficient (Wildman–Crippen LogP) is 4.45.